The summed E-state index contributed by atoms with van der Waals surface area (Å²) in [6.07, 6.45) is 0. The van der Waals surface area contributed by atoms with E-state index in [2.05, 4.69) is 10.4 Å². The molecule has 0 aliphatic heterocycles. The zero-order valence-corrected chi connectivity index (χ0v) is 7.69. The minimum Gasteiger partial charge on any atom is -0.313 e. The molecule has 1 aromatic rings. The maximum Gasteiger partial charge on any atom is 0.215 e. The smallest absolute Gasteiger partial charge is 0.215 e. The Hall–Kier alpha value is -0.900. The van der Waals surface area contributed by atoms with E-state index in [1.54, 1.807) is 7.05 Å². The first-order valence-corrected chi connectivity index (χ1v) is 4.05. The van der Waals surface area contributed by atoms with Gasteiger partial charge in [-0.2, -0.15) is 9.49 Å². The second kappa shape index (κ2) is 3.67. The fraction of sp³-hybridized carbons (Fsp3) is 0.625. The Balaban J connectivity index is 2.82. The minimum atomic E-state index is -0.242. The Bertz CT molecular complexity index is 268. The lowest BCUT2D eigenvalue weighted by Crippen LogP contribution is -2.13. The quantitative estimate of drug-likeness (QED) is 0.734. The van der Waals surface area contributed by atoms with Crippen molar-refractivity contribution < 1.29 is 4.39 Å². The van der Waals surface area contributed by atoms with Crippen LogP contribution in [0.25, 0.3) is 0 Å². The number of aromatic nitrogens is 2. The lowest BCUT2D eigenvalue weighted by Gasteiger charge is -1.99. The van der Waals surface area contributed by atoms with E-state index in [0.717, 1.165) is 12.2 Å². The van der Waals surface area contributed by atoms with Crippen LogP contribution in [0.5, 0.6) is 0 Å². The third-order valence-electron chi connectivity index (χ3n) is 1.82. The largest absolute Gasteiger partial charge is 0.313 e. The van der Waals surface area contributed by atoms with Crippen molar-refractivity contribution in [3.63, 3.8) is 0 Å². The fourth-order valence-corrected chi connectivity index (χ4v) is 1.12. The highest BCUT2D eigenvalue weighted by Gasteiger charge is 2.10. The van der Waals surface area contributed by atoms with Crippen LogP contribution >= 0.6 is 0 Å². The number of rotatable bonds is 3. The average molecular weight is 171 g/mol. The van der Waals surface area contributed by atoms with Crippen molar-refractivity contribution in [1.82, 2.24) is 15.1 Å². The second-order valence-corrected chi connectivity index (χ2v) is 2.76. The van der Waals surface area contributed by atoms with E-state index in [4.69, 9.17) is 0 Å². The first kappa shape index (κ1) is 9.19. The predicted molar refractivity (Wildman–Crippen MR) is 45.3 cm³/mol. The third kappa shape index (κ3) is 1.64. The lowest BCUT2D eigenvalue weighted by atomic mass is 10.2. The second-order valence-electron chi connectivity index (χ2n) is 2.76. The van der Waals surface area contributed by atoms with E-state index in [0.29, 0.717) is 12.1 Å². The highest BCUT2D eigenvalue weighted by atomic mass is 19.1. The number of nitrogens with one attached hydrogen (secondary N) is 1. The van der Waals surface area contributed by atoms with Crippen molar-refractivity contribution in [2.24, 2.45) is 7.05 Å². The topological polar surface area (TPSA) is 29.9 Å². The maximum absolute atomic E-state index is 13.2. The van der Waals surface area contributed by atoms with Crippen LogP contribution in [0, 0.1) is 12.9 Å². The van der Waals surface area contributed by atoms with E-state index < -0.39 is 0 Å². The first-order valence-electron chi connectivity index (χ1n) is 4.05. The lowest BCUT2D eigenvalue weighted by molar-refractivity contribution is 0.490. The molecule has 0 aromatic carbocycles. The van der Waals surface area contributed by atoms with Gasteiger partial charge in [-0.25, -0.2) is 4.68 Å². The number of halogens is 1. The number of hydrogen-bond donors (Lipinski definition) is 1. The van der Waals surface area contributed by atoms with Crippen molar-refractivity contribution in [2.45, 2.75) is 20.4 Å². The predicted octanol–water partition coefficient (Wildman–Crippen LogP) is 0.977. The van der Waals surface area contributed by atoms with Crippen LogP contribution < -0.4 is 5.32 Å². The molecule has 0 unspecified atom stereocenters. The Kier molecular flexibility index (Phi) is 2.81. The molecule has 0 saturated heterocycles. The van der Waals surface area contributed by atoms with E-state index in [1.807, 2.05) is 13.8 Å². The summed E-state index contributed by atoms with van der Waals surface area (Å²) < 4.78 is 14.5. The molecule has 4 heteroatoms. The van der Waals surface area contributed by atoms with Gasteiger partial charge in [0.15, 0.2) is 0 Å². The summed E-state index contributed by atoms with van der Waals surface area (Å²) in [6.45, 7) is 5.20. The molecule has 68 valence electrons. The van der Waals surface area contributed by atoms with Gasteiger partial charge in [0.05, 0.1) is 5.69 Å². The molecule has 3 nitrogen and oxygen atoms in total. The zero-order chi connectivity index (χ0) is 9.14. The summed E-state index contributed by atoms with van der Waals surface area (Å²) in [5, 5.41) is 7.03. The van der Waals surface area contributed by atoms with Gasteiger partial charge in [0, 0.05) is 19.2 Å². The Morgan fingerprint density at radius 2 is 2.25 bits per heavy atom. The molecule has 1 heterocycles. The Morgan fingerprint density at radius 1 is 1.58 bits per heavy atom. The summed E-state index contributed by atoms with van der Waals surface area (Å²) in [5.41, 5.74) is 1.43. The van der Waals surface area contributed by atoms with Gasteiger partial charge < -0.3 is 5.32 Å². The molecule has 1 rings (SSSR count). The molecule has 0 aliphatic rings. The van der Waals surface area contributed by atoms with Crippen LogP contribution in [0.4, 0.5) is 4.39 Å². The van der Waals surface area contributed by atoms with Gasteiger partial charge >= 0.3 is 0 Å². The first-order chi connectivity index (χ1) is 5.66. The molecular weight excluding hydrogens is 157 g/mol. The van der Waals surface area contributed by atoms with Crippen molar-refractivity contribution in [1.29, 1.82) is 0 Å². The molecule has 1 N–H and O–H groups in total. The standard InChI is InChI=1S/C8H14FN3/c1-4-10-5-7-6(2)11-12(3)8(7)9/h10H,4-5H2,1-3H3. The molecule has 0 atom stereocenters. The van der Waals surface area contributed by atoms with Crippen molar-refractivity contribution in [2.75, 3.05) is 6.54 Å². The average Bonchev–Trinajstić information content (AvgIpc) is 2.25. The normalized spacial score (nSPS) is 10.7. The summed E-state index contributed by atoms with van der Waals surface area (Å²) >= 11 is 0. The van der Waals surface area contributed by atoms with Crippen LogP contribution in [0.15, 0.2) is 0 Å². The molecule has 0 saturated carbocycles. The third-order valence-corrected chi connectivity index (χ3v) is 1.82. The van der Waals surface area contributed by atoms with Gasteiger partial charge in [-0.3, -0.25) is 0 Å². The fourth-order valence-electron chi connectivity index (χ4n) is 1.12. The van der Waals surface area contributed by atoms with Gasteiger partial charge in [-0.05, 0) is 13.5 Å². The molecule has 0 radical (unpaired) electrons. The molecule has 0 amide bonds. The molecule has 0 fully saturated rings. The van der Waals surface area contributed by atoms with Gasteiger partial charge in [0.1, 0.15) is 0 Å². The SMILES string of the molecule is CCNCc1c(C)nn(C)c1F. The molecular formula is C8H14FN3. The number of aryl methyl sites for hydroxylation is 2. The van der Waals surface area contributed by atoms with E-state index in [1.165, 1.54) is 4.68 Å². The molecule has 0 spiro atoms. The van der Waals surface area contributed by atoms with Crippen LogP contribution in [0.1, 0.15) is 18.2 Å². The van der Waals surface area contributed by atoms with E-state index in [-0.39, 0.29) is 5.95 Å². The van der Waals surface area contributed by atoms with Gasteiger partial charge in [0.2, 0.25) is 5.95 Å². The summed E-state index contributed by atoms with van der Waals surface area (Å²) in [4.78, 5) is 0. The Labute approximate surface area is 71.6 Å². The maximum atomic E-state index is 13.2. The Morgan fingerprint density at radius 3 is 2.67 bits per heavy atom. The summed E-state index contributed by atoms with van der Waals surface area (Å²) in [7, 11) is 1.61. The molecule has 0 aliphatic carbocycles. The molecule has 12 heavy (non-hydrogen) atoms. The van der Waals surface area contributed by atoms with Gasteiger partial charge in [-0.1, -0.05) is 6.92 Å². The highest BCUT2D eigenvalue weighted by molar-refractivity contribution is 5.16. The van der Waals surface area contributed by atoms with Crippen LogP contribution in [0.2, 0.25) is 0 Å². The zero-order valence-electron chi connectivity index (χ0n) is 7.69. The van der Waals surface area contributed by atoms with E-state index in [9.17, 15) is 4.39 Å². The van der Waals surface area contributed by atoms with Crippen molar-refractivity contribution in [3.05, 3.63) is 17.2 Å². The molecule has 0 bridgehead atoms. The van der Waals surface area contributed by atoms with Crippen LogP contribution in [0.3, 0.4) is 0 Å². The minimum absolute atomic E-state index is 0.242. The summed E-state index contributed by atoms with van der Waals surface area (Å²) in [6, 6.07) is 0. The van der Waals surface area contributed by atoms with Crippen LogP contribution in [-0.4, -0.2) is 16.3 Å². The molecule has 1 aromatic heterocycles. The van der Waals surface area contributed by atoms with Gasteiger partial charge in [-0.15, -0.1) is 0 Å². The van der Waals surface area contributed by atoms with Crippen LogP contribution in [-0.2, 0) is 13.6 Å². The monoisotopic (exact) mass is 171 g/mol. The van der Waals surface area contributed by atoms with Crippen molar-refractivity contribution in [3.8, 4) is 0 Å². The van der Waals surface area contributed by atoms with Gasteiger partial charge in [0.25, 0.3) is 0 Å². The number of hydrogen-bond acceptors (Lipinski definition) is 2. The van der Waals surface area contributed by atoms with E-state index >= 15 is 0 Å². The van der Waals surface area contributed by atoms with Crippen molar-refractivity contribution >= 4 is 0 Å². The highest BCUT2D eigenvalue weighted by Crippen LogP contribution is 2.09. The number of nitrogens with zero attached hydrogens (tertiary/aromatic N) is 2. The summed E-state index contributed by atoms with van der Waals surface area (Å²) in [5.74, 6) is -0.242.